The monoisotopic (exact) mass is 287 g/mol. The van der Waals surface area contributed by atoms with E-state index in [1.165, 1.54) is 12.1 Å². The summed E-state index contributed by atoms with van der Waals surface area (Å²) in [7, 11) is 0. The van der Waals surface area contributed by atoms with Crippen molar-refractivity contribution in [1.29, 1.82) is 0 Å². The van der Waals surface area contributed by atoms with Gasteiger partial charge in [0.15, 0.2) is 0 Å². The predicted octanol–water partition coefficient (Wildman–Crippen LogP) is 4.26. The Bertz CT molecular complexity index is 383. The van der Waals surface area contributed by atoms with Gasteiger partial charge in [-0.15, -0.1) is 11.6 Å². The van der Waals surface area contributed by atoms with Crippen LogP contribution in [0.5, 0.6) is 0 Å². The lowest BCUT2D eigenvalue weighted by Gasteiger charge is -2.29. The Labute approximate surface area is 118 Å². The molecule has 0 amide bonds. The molecule has 1 fully saturated rings. The number of benzene rings is 1. The lowest BCUT2D eigenvalue weighted by Crippen LogP contribution is -2.38. The summed E-state index contributed by atoms with van der Waals surface area (Å²) in [5.74, 6) is -2.16. The minimum Gasteiger partial charge on any atom is -0.294 e. The van der Waals surface area contributed by atoms with Gasteiger partial charge >= 0.3 is 0 Å². The average molecular weight is 288 g/mol. The minimum absolute atomic E-state index is 0.109. The van der Waals surface area contributed by atoms with Crippen LogP contribution in [0.1, 0.15) is 31.2 Å². The van der Waals surface area contributed by atoms with Crippen LogP contribution in [0, 0.1) is 0 Å². The van der Waals surface area contributed by atoms with Gasteiger partial charge in [-0.25, -0.2) is 0 Å². The van der Waals surface area contributed by atoms with Crippen LogP contribution in [0.15, 0.2) is 30.3 Å². The topological polar surface area (TPSA) is 3.24 Å². The van der Waals surface area contributed by atoms with Crippen molar-refractivity contribution in [1.82, 2.24) is 4.90 Å². The van der Waals surface area contributed by atoms with E-state index in [1.54, 1.807) is 18.2 Å². The van der Waals surface area contributed by atoms with Gasteiger partial charge in [-0.05, 0) is 32.2 Å². The molecule has 0 N–H and O–H groups in total. The molecule has 0 aliphatic carbocycles. The van der Waals surface area contributed by atoms with E-state index in [0.717, 1.165) is 32.2 Å². The maximum atomic E-state index is 14.2. The molecule has 1 aromatic rings. The number of nitrogens with zero attached hydrogens (tertiary/aromatic N) is 1. The van der Waals surface area contributed by atoms with Gasteiger partial charge in [0.2, 0.25) is 0 Å². The number of rotatable bonds is 6. The fourth-order valence-corrected chi connectivity index (χ4v) is 2.93. The molecule has 1 aliphatic heterocycles. The molecule has 0 aromatic heterocycles. The average Bonchev–Trinajstić information content (AvgIpc) is 2.84. The minimum atomic E-state index is -2.77. The van der Waals surface area contributed by atoms with Gasteiger partial charge in [0, 0.05) is 17.5 Å². The molecule has 1 nitrogen and oxygen atoms in total. The maximum absolute atomic E-state index is 14.2. The number of hydrogen-bond donors (Lipinski definition) is 0. The van der Waals surface area contributed by atoms with E-state index in [-0.39, 0.29) is 18.2 Å². The summed E-state index contributed by atoms with van der Waals surface area (Å²) in [5.41, 5.74) is 0.109. The lowest BCUT2D eigenvalue weighted by atomic mass is 10.1. The summed E-state index contributed by atoms with van der Waals surface area (Å²) in [6, 6.07) is 8.37. The highest BCUT2D eigenvalue weighted by atomic mass is 35.5. The SMILES string of the molecule is FC(F)(CN1CCCC1CCCCl)c1ccccc1. The van der Waals surface area contributed by atoms with Crippen LogP contribution >= 0.6 is 11.6 Å². The zero-order valence-electron chi connectivity index (χ0n) is 11.0. The molecule has 1 aromatic carbocycles. The molecule has 4 heteroatoms. The van der Waals surface area contributed by atoms with Gasteiger partial charge in [0.1, 0.15) is 0 Å². The maximum Gasteiger partial charge on any atom is 0.285 e. The second kappa shape index (κ2) is 6.67. The fourth-order valence-electron chi connectivity index (χ4n) is 2.77. The van der Waals surface area contributed by atoms with E-state index in [2.05, 4.69) is 0 Å². The van der Waals surface area contributed by atoms with Crippen LogP contribution in [-0.4, -0.2) is 29.9 Å². The van der Waals surface area contributed by atoms with E-state index in [9.17, 15) is 8.78 Å². The number of hydrogen-bond acceptors (Lipinski definition) is 1. The Morgan fingerprint density at radius 3 is 2.68 bits per heavy atom. The first-order valence-corrected chi connectivity index (χ1v) is 7.40. The Morgan fingerprint density at radius 1 is 1.26 bits per heavy atom. The van der Waals surface area contributed by atoms with Gasteiger partial charge in [-0.2, -0.15) is 8.78 Å². The highest BCUT2D eigenvalue weighted by molar-refractivity contribution is 6.17. The summed E-state index contributed by atoms with van der Waals surface area (Å²) in [5, 5.41) is 0. The smallest absolute Gasteiger partial charge is 0.285 e. The molecule has 0 saturated carbocycles. The molecule has 19 heavy (non-hydrogen) atoms. The van der Waals surface area contributed by atoms with Gasteiger partial charge in [-0.1, -0.05) is 30.3 Å². The number of alkyl halides is 3. The van der Waals surface area contributed by atoms with E-state index in [0.29, 0.717) is 5.88 Å². The summed E-state index contributed by atoms with van der Waals surface area (Å²) in [6.45, 7) is 0.597. The molecule has 1 heterocycles. The molecule has 0 spiro atoms. The third-order valence-corrected chi connectivity index (χ3v) is 4.04. The van der Waals surface area contributed by atoms with E-state index in [1.807, 2.05) is 4.90 Å². The summed E-state index contributed by atoms with van der Waals surface area (Å²) in [6.07, 6.45) is 3.85. The molecular formula is C15H20ClF2N. The zero-order chi connectivity index (χ0) is 13.7. The van der Waals surface area contributed by atoms with Crippen molar-refractivity contribution in [2.24, 2.45) is 0 Å². The molecule has 1 atom stereocenters. The highest BCUT2D eigenvalue weighted by Gasteiger charge is 2.37. The van der Waals surface area contributed by atoms with Crippen LogP contribution in [0.25, 0.3) is 0 Å². The van der Waals surface area contributed by atoms with Crippen LogP contribution in [0.4, 0.5) is 8.78 Å². The molecule has 0 bridgehead atoms. The van der Waals surface area contributed by atoms with Crippen molar-refractivity contribution >= 4 is 11.6 Å². The normalized spacial score (nSPS) is 20.9. The van der Waals surface area contributed by atoms with Crippen LogP contribution in [-0.2, 0) is 5.92 Å². The molecular weight excluding hydrogens is 268 g/mol. The quantitative estimate of drug-likeness (QED) is 0.707. The third-order valence-electron chi connectivity index (χ3n) is 3.77. The Hall–Kier alpha value is -0.670. The predicted molar refractivity (Wildman–Crippen MR) is 74.9 cm³/mol. The molecule has 2 rings (SSSR count). The van der Waals surface area contributed by atoms with Gasteiger partial charge < -0.3 is 0 Å². The van der Waals surface area contributed by atoms with Crippen molar-refractivity contribution in [3.8, 4) is 0 Å². The van der Waals surface area contributed by atoms with Gasteiger partial charge in [0.05, 0.1) is 6.54 Å². The fraction of sp³-hybridized carbons (Fsp3) is 0.600. The van der Waals surface area contributed by atoms with Gasteiger partial charge in [-0.3, -0.25) is 4.90 Å². The summed E-state index contributed by atoms with van der Waals surface area (Å²) >= 11 is 5.69. The highest BCUT2D eigenvalue weighted by Crippen LogP contribution is 2.32. The second-order valence-corrected chi connectivity index (χ2v) is 5.55. The van der Waals surface area contributed by atoms with Crippen molar-refractivity contribution < 1.29 is 8.78 Å². The first kappa shape index (κ1) is 14.7. The van der Waals surface area contributed by atoms with Crippen molar-refractivity contribution in [2.45, 2.75) is 37.6 Å². The number of halogens is 3. The molecule has 106 valence electrons. The molecule has 1 saturated heterocycles. The first-order chi connectivity index (χ1) is 9.13. The summed E-state index contributed by atoms with van der Waals surface area (Å²) < 4.78 is 28.5. The standard InChI is InChI=1S/C15H20ClF2N/c16-10-4-8-14-9-5-11-19(14)12-15(17,18)13-6-2-1-3-7-13/h1-3,6-7,14H,4-5,8-12H2. The molecule has 1 aliphatic rings. The first-order valence-electron chi connectivity index (χ1n) is 6.87. The summed E-state index contributed by atoms with van der Waals surface area (Å²) in [4.78, 5) is 1.93. The Balaban J connectivity index is 1.99. The molecule has 0 radical (unpaired) electrons. The van der Waals surface area contributed by atoms with E-state index in [4.69, 9.17) is 11.6 Å². The van der Waals surface area contributed by atoms with E-state index >= 15 is 0 Å². The van der Waals surface area contributed by atoms with Crippen LogP contribution < -0.4 is 0 Å². The lowest BCUT2D eigenvalue weighted by molar-refractivity contribution is -0.0415. The number of likely N-dealkylation sites (tertiary alicyclic amines) is 1. The van der Waals surface area contributed by atoms with Crippen molar-refractivity contribution in [3.05, 3.63) is 35.9 Å². The van der Waals surface area contributed by atoms with Crippen molar-refractivity contribution in [2.75, 3.05) is 19.0 Å². The van der Waals surface area contributed by atoms with Crippen LogP contribution in [0.3, 0.4) is 0 Å². The van der Waals surface area contributed by atoms with Gasteiger partial charge in [0.25, 0.3) is 5.92 Å². The van der Waals surface area contributed by atoms with Crippen molar-refractivity contribution in [3.63, 3.8) is 0 Å². The van der Waals surface area contributed by atoms with Crippen LogP contribution in [0.2, 0.25) is 0 Å². The largest absolute Gasteiger partial charge is 0.294 e. The second-order valence-electron chi connectivity index (χ2n) is 5.17. The van der Waals surface area contributed by atoms with E-state index < -0.39 is 5.92 Å². The third kappa shape index (κ3) is 3.90. The Morgan fingerprint density at radius 2 is 2.00 bits per heavy atom. The molecule has 1 unspecified atom stereocenters. The zero-order valence-corrected chi connectivity index (χ0v) is 11.8. The Kier molecular flexibility index (Phi) is 5.17.